The van der Waals surface area contributed by atoms with E-state index in [4.69, 9.17) is 11.6 Å². The van der Waals surface area contributed by atoms with E-state index in [0.717, 1.165) is 37.2 Å². The summed E-state index contributed by atoms with van der Waals surface area (Å²) >= 11 is 7.27. The number of thiophene rings is 1. The third-order valence-electron chi connectivity index (χ3n) is 4.05. The minimum Gasteiger partial charge on any atom is -0.338 e. The molecule has 0 bridgehead atoms. The van der Waals surface area contributed by atoms with Crippen molar-refractivity contribution in [3.63, 3.8) is 0 Å². The van der Waals surface area contributed by atoms with Crippen molar-refractivity contribution in [2.45, 2.75) is 19.3 Å². The molecule has 1 aliphatic heterocycles. The number of halogens is 1. The zero-order chi connectivity index (χ0) is 14.7. The standard InChI is InChI=1S/C17H18ClNOS/c18-16-7-6-15(21-16)17(20)19-10-8-14(9-11-19)12-13-4-2-1-3-5-13/h1-7,14H,8-12H2. The largest absolute Gasteiger partial charge is 0.338 e. The molecule has 0 aliphatic carbocycles. The quantitative estimate of drug-likeness (QED) is 0.816. The lowest BCUT2D eigenvalue weighted by atomic mass is 9.90. The monoisotopic (exact) mass is 319 g/mol. The molecule has 2 aromatic rings. The molecule has 0 N–H and O–H groups in total. The summed E-state index contributed by atoms with van der Waals surface area (Å²) in [6.07, 6.45) is 3.28. The van der Waals surface area contributed by atoms with Gasteiger partial charge in [-0.25, -0.2) is 0 Å². The molecule has 2 heterocycles. The number of amides is 1. The number of hydrogen-bond donors (Lipinski definition) is 0. The Labute approximate surface area is 134 Å². The van der Waals surface area contributed by atoms with E-state index in [1.165, 1.54) is 16.9 Å². The fraction of sp³-hybridized carbons (Fsp3) is 0.353. The summed E-state index contributed by atoms with van der Waals surface area (Å²) in [7, 11) is 0. The fourth-order valence-electron chi connectivity index (χ4n) is 2.87. The van der Waals surface area contributed by atoms with Crippen LogP contribution < -0.4 is 0 Å². The van der Waals surface area contributed by atoms with Crippen molar-refractivity contribution in [1.29, 1.82) is 0 Å². The zero-order valence-electron chi connectivity index (χ0n) is 11.8. The predicted molar refractivity (Wildman–Crippen MR) is 88.1 cm³/mol. The summed E-state index contributed by atoms with van der Waals surface area (Å²) in [5, 5.41) is 0. The highest BCUT2D eigenvalue weighted by Crippen LogP contribution is 2.26. The van der Waals surface area contributed by atoms with Gasteiger partial charge in [0, 0.05) is 13.1 Å². The number of piperidine rings is 1. The highest BCUT2D eigenvalue weighted by molar-refractivity contribution is 7.17. The van der Waals surface area contributed by atoms with E-state index >= 15 is 0 Å². The van der Waals surface area contributed by atoms with Crippen LogP contribution in [0.15, 0.2) is 42.5 Å². The summed E-state index contributed by atoms with van der Waals surface area (Å²) < 4.78 is 0.678. The molecule has 1 aromatic heterocycles. The minimum atomic E-state index is 0.130. The van der Waals surface area contributed by atoms with Gasteiger partial charge in [-0.15, -0.1) is 11.3 Å². The van der Waals surface area contributed by atoms with Crippen molar-refractivity contribution in [2.75, 3.05) is 13.1 Å². The molecule has 2 nitrogen and oxygen atoms in total. The number of rotatable bonds is 3. The van der Waals surface area contributed by atoms with Gasteiger partial charge in [-0.1, -0.05) is 41.9 Å². The van der Waals surface area contributed by atoms with Crippen molar-refractivity contribution in [1.82, 2.24) is 4.90 Å². The third kappa shape index (κ3) is 3.66. The molecule has 1 amide bonds. The molecule has 0 radical (unpaired) electrons. The maximum atomic E-state index is 12.4. The van der Waals surface area contributed by atoms with Crippen LogP contribution in [-0.4, -0.2) is 23.9 Å². The number of nitrogens with zero attached hydrogens (tertiary/aromatic N) is 1. The van der Waals surface area contributed by atoms with Crippen LogP contribution in [0.5, 0.6) is 0 Å². The number of carbonyl (C=O) groups excluding carboxylic acids is 1. The summed E-state index contributed by atoms with van der Waals surface area (Å²) in [4.78, 5) is 15.1. The highest BCUT2D eigenvalue weighted by Gasteiger charge is 2.24. The summed E-state index contributed by atoms with van der Waals surface area (Å²) in [6, 6.07) is 14.2. The van der Waals surface area contributed by atoms with Crippen molar-refractivity contribution in [2.24, 2.45) is 5.92 Å². The van der Waals surface area contributed by atoms with E-state index in [-0.39, 0.29) is 5.91 Å². The topological polar surface area (TPSA) is 20.3 Å². The van der Waals surface area contributed by atoms with Crippen LogP contribution >= 0.6 is 22.9 Å². The SMILES string of the molecule is O=C(c1ccc(Cl)s1)N1CCC(Cc2ccccc2)CC1. The van der Waals surface area contributed by atoms with Crippen LogP contribution in [0, 0.1) is 5.92 Å². The molecule has 1 saturated heterocycles. The van der Waals surface area contributed by atoms with Crippen LogP contribution in [0.25, 0.3) is 0 Å². The van der Waals surface area contributed by atoms with Gasteiger partial charge < -0.3 is 4.90 Å². The molecular formula is C17H18ClNOS. The van der Waals surface area contributed by atoms with Crippen LogP contribution in [0.1, 0.15) is 28.1 Å². The predicted octanol–water partition coefficient (Wildman–Crippen LogP) is 4.50. The lowest BCUT2D eigenvalue weighted by Crippen LogP contribution is -2.38. The van der Waals surface area contributed by atoms with Gasteiger partial charge in [-0.3, -0.25) is 4.79 Å². The summed E-state index contributed by atoms with van der Waals surface area (Å²) in [6.45, 7) is 1.71. The lowest BCUT2D eigenvalue weighted by molar-refractivity contribution is 0.0695. The zero-order valence-corrected chi connectivity index (χ0v) is 13.4. The first-order valence-electron chi connectivity index (χ1n) is 7.31. The van der Waals surface area contributed by atoms with Crippen LogP contribution in [0.4, 0.5) is 0 Å². The van der Waals surface area contributed by atoms with E-state index < -0.39 is 0 Å². The molecule has 0 unspecified atom stereocenters. The average Bonchev–Trinajstić information content (AvgIpc) is 2.95. The molecule has 1 aromatic carbocycles. The fourth-order valence-corrected chi connectivity index (χ4v) is 3.88. The van der Waals surface area contributed by atoms with E-state index in [1.807, 2.05) is 11.0 Å². The number of benzene rings is 1. The molecule has 0 saturated carbocycles. The Hall–Kier alpha value is -1.32. The van der Waals surface area contributed by atoms with Crippen molar-refractivity contribution >= 4 is 28.8 Å². The molecule has 1 aliphatic rings. The van der Waals surface area contributed by atoms with Gasteiger partial charge in [0.2, 0.25) is 0 Å². The molecular weight excluding hydrogens is 302 g/mol. The summed E-state index contributed by atoms with van der Waals surface area (Å²) in [5.41, 5.74) is 1.40. The van der Waals surface area contributed by atoms with Gasteiger partial charge in [0.05, 0.1) is 9.21 Å². The van der Waals surface area contributed by atoms with Gasteiger partial charge in [0.25, 0.3) is 5.91 Å². The smallest absolute Gasteiger partial charge is 0.263 e. The molecule has 4 heteroatoms. The van der Waals surface area contributed by atoms with E-state index in [9.17, 15) is 4.79 Å². The number of likely N-dealkylation sites (tertiary alicyclic amines) is 1. The Morgan fingerprint density at radius 3 is 2.48 bits per heavy atom. The highest BCUT2D eigenvalue weighted by atomic mass is 35.5. The number of hydrogen-bond acceptors (Lipinski definition) is 2. The van der Waals surface area contributed by atoms with Gasteiger partial charge in [0.1, 0.15) is 0 Å². The van der Waals surface area contributed by atoms with Crippen LogP contribution in [0.3, 0.4) is 0 Å². The average molecular weight is 320 g/mol. The Morgan fingerprint density at radius 2 is 1.86 bits per heavy atom. The first-order chi connectivity index (χ1) is 10.2. The second-order valence-electron chi connectivity index (χ2n) is 5.53. The molecule has 1 fully saturated rings. The first kappa shape index (κ1) is 14.6. The van der Waals surface area contributed by atoms with Crippen molar-refractivity contribution < 1.29 is 4.79 Å². The molecule has 110 valence electrons. The first-order valence-corrected chi connectivity index (χ1v) is 8.50. The van der Waals surface area contributed by atoms with Gasteiger partial charge >= 0.3 is 0 Å². The number of carbonyl (C=O) groups is 1. The summed E-state index contributed by atoms with van der Waals surface area (Å²) in [5.74, 6) is 0.813. The van der Waals surface area contributed by atoms with Gasteiger partial charge in [0.15, 0.2) is 0 Å². The van der Waals surface area contributed by atoms with Gasteiger partial charge in [-0.05, 0) is 42.9 Å². The van der Waals surface area contributed by atoms with E-state index in [1.54, 1.807) is 6.07 Å². The molecule has 0 atom stereocenters. The second-order valence-corrected chi connectivity index (χ2v) is 7.24. The Kier molecular flexibility index (Phi) is 4.61. The Bertz CT molecular complexity index is 602. The molecule has 21 heavy (non-hydrogen) atoms. The maximum absolute atomic E-state index is 12.4. The third-order valence-corrected chi connectivity index (χ3v) is 5.27. The lowest BCUT2D eigenvalue weighted by Gasteiger charge is -2.31. The van der Waals surface area contributed by atoms with Crippen LogP contribution in [-0.2, 0) is 6.42 Å². The van der Waals surface area contributed by atoms with Crippen molar-refractivity contribution in [3.8, 4) is 0 Å². The van der Waals surface area contributed by atoms with E-state index in [0.29, 0.717) is 10.3 Å². The van der Waals surface area contributed by atoms with E-state index in [2.05, 4.69) is 30.3 Å². The Balaban J connectivity index is 1.54. The van der Waals surface area contributed by atoms with Crippen LogP contribution in [0.2, 0.25) is 4.34 Å². The second kappa shape index (κ2) is 6.63. The Morgan fingerprint density at radius 1 is 1.14 bits per heavy atom. The molecule has 0 spiro atoms. The minimum absolute atomic E-state index is 0.130. The van der Waals surface area contributed by atoms with Gasteiger partial charge in [-0.2, -0.15) is 0 Å². The molecule has 3 rings (SSSR count). The van der Waals surface area contributed by atoms with Crippen molar-refractivity contribution in [3.05, 3.63) is 57.2 Å². The normalized spacial score (nSPS) is 16.1. The maximum Gasteiger partial charge on any atom is 0.263 e.